The number of methoxy groups -OCH3 is 1. The summed E-state index contributed by atoms with van der Waals surface area (Å²) in [5.41, 5.74) is 0.387. The van der Waals surface area contributed by atoms with Crippen molar-refractivity contribution in [1.82, 2.24) is 9.55 Å². The van der Waals surface area contributed by atoms with E-state index in [1.165, 1.54) is 13.2 Å². The molecule has 2 aliphatic heterocycles. The number of aliphatic hydroxyl groups excluding tert-OH is 1. The van der Waals surface area contributed by atoms with E-state index < -0.39 is 11.9 Å². The molecule has 122 valence electrons. The van der Waals surface area contributed by atoms with Gasteiger partial charge in [0.25, 0.3) is 0 Å². The smallest absolute Gasteiger partial charge is 0.143 e. The number of benzene rings is 1. The third-order valence-corrected chi connectivity index (χ3v) is 4.44. The summed E-state index contributed by atoms with van der Waals surface area (Å²) >= 11 is 0. The van der Waals surface area contributed by atoms with Crippen LogP contribution in [0.3, 0.4) is 0 Å². The van der Waals surface area contributed by atoms with Crippen molar-refractivity contribution in [3.63, 3.8) is 0 Å². The quantitative estimate of drug-likeness (QED) is 0.926. The first-order chi connectivity index (χ1) is 11.2. The molecule has 1 aromatic carbocycles. The molecule has 1 N–H and O–H groups in total. The number of aromatic nitrogens is 2. The van der Waals surface area contributed by atoms with Gasteiger partial charge < -0.3 is 23.9 Å². The standard InChI is InChI=1S/C16H17FN2O4/c1-21-9-2-3-10(11(17)6-9)16-18-4-5-19(16)12-7-22-15-13(20)8-23-14(12)15/h2-6,12-15,20H,7-8H2,1H3/t12-,13-,14-,15-/m1/s1. The van der Waals surface area contributed by atoms with Gasteiger partial charge >= 0.3 is 0 Å². The van der Waals surface area contributed by atoms with Crippen molar-refractivity contribution in [2.75, 3.05) is 20.3 Å². The zero-order valence-corrected chi connectivity index (χ0v) is 12.6. The van der Waals surface area contributed by atoms with Gasteiger partial charge in [0, 0.05) is 18.5 Å². The third-order valence-electron chi connectivity index (χ3n) is 4.44. The van der Waals surface area contributed by atoms with Gasteiger partial charge in [-0.05, 0) is 12.1 Å². The van der Waals surface area contributed by atoms with Gasteiger partial charge in [0.1, 0.15) is 35.7 Å². The Kier molecular flexibility index (Phi) is 3.56. The molecular formula is C16H17FN2O4. The molecular weight excluding hydrogens is 303 g/mol. The zero-order valence-electron chi connectivity index (χ0n) is 12.6. The van der Waals surface area contributed by atoms with Crippen molar-refractivity contribution >= 4 is 0 Å². The van der Waals surface area contributed by atoms with Crippen LogP contribution in [0, 0.1) is 5.82 Å². The average molecular weight is 320 g/mol. The number of hydrogen-bond acceptors (Lipinski definition) is 5. The summed E-state index contributed by atoms with van der Waals surface area (Å²) < 4.78 is 32.5. The molecule has 1 aromatic heterocycles. The topological polar surface area (TPSA) is 65.7 Å². The van der Waals surface area contributed by atoms with Gasteiger partial charge in [-0.15, -0.1) is 0 Å². The molecule has 2 fully saturated rings. The lowest BCUT2D eigenvalue weighted by Gasteiger charge is -2.20. The third kappa shape index (κ3) is 2.32. The lowest BCUT2D eigenvalue weighted by atomic mass is 10.1. The number of fused-ring (bicyclic) bond motifs is 1. The number of ether oxygens (including phenoxy) is 3. The molecule has 2 aromatic rings. The Balaban J connectivity index is 1.69. The first-order valence-corrected chi connectivity index (χ1v) is 7.47. The summed E-state index contributed by atoms with van der Waals surface area (Å²) in [6.45, 7) is 0.653. The molecule has 4 rings (SSSR count). The fraction of sp³-hybridized carbons (Fsp3) is 0.438. The molecule has 0 spiro atoms. The second kappa shape index (κ2) is 5.59. The molecule has 6 nitrogen and oxygen atoms in total. The SMILES string of the molecule is COc1ccc(-c2nccn2[C@@H]2CO[C@H]3[C@@H]2OC[C@H]3O)c(F)c1. The largest absolute Gasteiger partial charge is 0.497 e. The second-order valence-corrected chi connectivity index (χ2v) is 5.73. The Labute approximate surface area is 132 Å². The Bertz CT molecular complexity index is 720. The van der Waals surface area contributed by atoms with Crippen molar-refractivity contribution in [3.05, 3.63) is 36.4 Å². The van der Waals surface area contributed by atoms with E-state index >= 15 is 0 Å². The Morgan fingerprint density at radius 2 is 2.13 bits per heavy atom. The summed E-state index contributed by atoms with van der Waals surface area (Å²) in [7, 11) is 1.49. The predicted molar refractivity (Wildman–Crippen MR) is 78.7 cm³/mol. The molecule has 0 unspecified atom stereocenters. The fourth-order valence-electron chi connectivity index (χ4n) is 3.29. The van der Waals surface area contributed by atoms with E-state index in [1.54, 1.807) is 24.5 Å². The summed E-state index contributed by atoms with van der Waals surface area (Å²) in [6, 6.07) is 4.53. The minimum Gasteiger partial charge on any atom is -0.497 e. The maximum absolute atomic E-state index is 14.4. The predicted octanol–water partition coefficient (Wildman–Crippen LogP) is 1.40. The Hall–Kier alpha value is -1.96. The van der Waals surface area contributed by atoms with Crippen LogP contribution in [0.2, 0.25) is 0 Å². The minimum atomic E-state index is -0.616. The van der Waals surface area contributed by atoms with Gasteiger partial charge in [-0.2, -0.15) is 0 Å². The van der Waals surface area contributed by atoms with Gasteiger partial charge in [0.15, 0.2) is 0 Å². The molecule has 0 amide bonds. The fourth-order valence-corrected chi connectivity index (χ4v) is 3.29. The molecule has 23 heavy (non-hydrogen) atoms. The molecule has 7 heteroatoms. The van der Waals surface area contributed by atoms with E-state index in [2.05, 4.69) is 4.98 Å². The number of halogens is 1. The van der Waals surface area contributed by atoms with Gasteiger partial charge in [0.05, 0.1) is 31.9 Å². The van der Waals surface area contributed by atoms with E-state index in [0.29, 0.717) is 23.7 Å². The molecule has 2 aliphatic rings. The van der Waals surface area contributed by atoms with E-state index in [9.17, 15) is 9.50 Å². The highest BCUT2D eigenvalue weighted by Gasteiger charge is 2.48. The van der Waals surface area contributed by atoms with Crippen molar-refractivity contribution in [3.8, 4) is 17.1 Å². The monoisotopic (exact) mass is 320 g/mol. The lowest BCUT2D eigenvalue weighted by Crippen LogP contribution is -2.30. The van der Waals surface area contributed by atoms with Crippen LogP contribution >= 0.6 is 0 Å². The zero-order chi connectivity index (χ0) is 16.0. The summed E-state index contributed by atoms with van der Waals surface area (Å²) in [5, 5.41) is 9.85. The van der Waals surface area contributed by atoms with Gasteiger partial charge in [-0.1, -0.05) is 0 Å². The van der Waals surface area contributed by atoms with Crippen molar-refractivity contribution in [1.29, 1.82) is 0 Å². The minimum absolute atomic E-state index is 0.142. The average Bonchev–Trinajstić information content (AvgIpc) is 3.25. The Morgan fingerprint density at radius 1 is 1.30 bits per heavy atom. The van der Waals surface area contributed by atoms with E-state index in [-0.39, 0.29) is 24.9 Å². The van der Waals surface area contributed by atoms with Crippen molar-refractivity contribution in [2.24, 2.45) is 0 Å². The van der Waals surface area contributed by atoms with Gasteiger partial charge in [-0.3, -0.25) is 0 Å². The highest BCUT2D eigenvalue weighted by Crippen LogP contribution is 2.37. The van der Waals surface area contributed by atoms with Crippen LogP contribution in [0.15, 0.2) is 30.6 Å². The molecule has 0 saturated carbocycles. The normalized spacial score (nSPS) is 29.7. The first-order valence-electron chi connectivity index (χ1n) is 7.47. The molecule has 0 aliphatic carbocycles. The second-order valence-electron chi connectivity index (χ2n) is 5.73. The van der Waals surface area contributed by atoms with Crippen LogP contribution in [-0.4, -0.2) is 53.3 Å². The van der Waals surface area contributed by atoms with Gasteiger partial charge in [0.2, 0.25) is 0 Å². The Morgan fingerprint density at radius 3 is 2.91 bits per heavy atom. The molecule has 0 bridgehead atoms. The van der Waals surface area contributed by atoms with Crippen LogP contribution in [-0.2, 0) is 9.47 Å². The number of nitrogens with zero attached hydrogens (tertiary/aromatic N) is 2. The molecule has 3 heterocycles. The maximum Gasteiger partial charge on any atom is 0.143 e. The van der Waals surface area contributed by atoms with Crippen LogP contribution < -0.4 is 4.74 Å². The van der Waals surface area contributed by atoms with Crippen LogP contribution in [0.4, 0.5) is 4.39 Å². The number of rotatable bonds is 3. The van der Waals surface area contributed by atoms with E-state index in [0.717, 1.165) is 0 Å². The van der Waals surface area contributed by atoms with Crippen LogP contribution in [0.25, 0.3) is 11.4 Å². The van der Waals surface area contributed by atoms with Gasteiger partial charge in [-0.25, -0.2) is 9.37 Å². The molecule has 2 saturated heterocycles. The number of aliphatic hydroxyl groups is 1. The molecule has 0 radical (unpaired) electrons. The summed E-state index contributed by atoms with van der Waals surface area (Å²) in [4.78, 5) is 4.29. The maximum atomic E-state index is 14.4. The van der Waals surface area contributed by atoms with Crippen molar-refractivity contribution < 1.29 is 23.7 Å². The highest BCUT2D eigenvalue weighted by molar-refractivity contribution is 5.58. The number of imidazole rings is 1. The lowest BCUT2D eigenvalue weighted by molar-refractivity contribution is 0.0172. The first kappa shape index (κ1) is 14.6. The highest BCUT2D eigenvalue weighted by atomic mass is 19.1. The van der Waals surface area contributed by atoms with Crippen LogP contribution in [0.1, 0.15) is 6.04 Å². The molecule has 4 atom stereocenters. The van der Waals surface area contributed by atoms with Crippen LogP contribution in [0.5, 0.6) is 5.75 Å². The van der Waals surface area contributed by atoms with E-state index in [4.69, 9.17) is 14.2 Å². The summed E-state index contributed by atoms with van der Waals surface area (Å²) in [5.74, 6) is 0.555. The van der Waals surface area contributed by atoms with Crippen molar-refractivity contribution in [2.45, 2.75) is 24.4 Å². The van der Waals surface area contributed by atoms with E-state index in [1.807, 2.05) is 4.57 Å². The number of hydrogen-bond donors (Lipinski definition) is 1. The summed E-state index contributed by atoms with van der Waals surface area (Å²) in [6.07, 6.45) is 2.20.